The van der Waals surface area contributed by atoms with Crippen LogP contribution < -0.4 is 11.1 Å². The van der Waals surface area contributed by atoms with Crippen LogP contribution in [0.2, 0.25) is 0 Å². The molecule has 0 radical (unpaired) electrons. The van der Waals surface area contributed by atoms with Crippen LogP contribution in [0.5, 0.6) is 0 Å². The van der Waals surface area contributed by atoms with E-state index in [2.05, 4.69) is 10.3 Å². The van der Waals surface area contributed by atoms with Gasteiger partial charge in [-0.15, -0.1) is 0 Å². The van der Waals surface area contributed by atoms with E-state index in [-0.39, 0.29) is 5.69 Å². The second-order valence-corrected chi connectivity index (χ2v) is 3.65. The molecule has 0 amide bonds. The van der Waals surface area contributed by atoms with Gasteiger partial charge in [0.2, 0.25) is 0 Å². The minimum absolute atomic E-state index is 0.219. The van der Waals surface area contributed by atoms with E-state index < -0.39 is 11.6 Å². The van der Waals surface area contributed by atoms with Crippen molar-refractivity contribution in [3.63, 3.8) is 0 Å². The summed E-state index contributed by atoms with van der Waals surface area (Å²) in [6.45, 7) is 1.56. The van der Waals surface area contributed by atoms with Gasteiger partial charge in [0, 0.05) is 18.0 Å². The molecular formula is C12H11F2N3. The molecule has 1 aromatic carbocycles. The van der Waals surface area contributed by atoms with E-state index in [1.807, 2.05) is 0 Å². The number of halogens is 2. The normalized spacial score (nSPS) is 10.3. The summed E-state index contributed by atoms with van der Waals surface area (Å²) in [5.41, 5.74) is 6.16. The molecule has 0 fully saturated rings. The Balaban J connectivity index is 2.39. The van der Waals surface area contributed by atoms with Gasteiger partial charge < -0.3 is 11.1 Å². The Bertz CT molecular complexity index is 555. The second kappa shape index (κ2) is 4.37. The molecule has 0 saturated heterocycles. The number of hydrogen-bond acceptors (Lipinski definition) is 3. The largest absolute Gasteiger partial charge is 0.399 e. The summed E-state index contributed by atoms with van der Waals surface area (Å²) in [5, 5.41) is 2.58. The Morgan fingerprint density at radius 3 is 2.71 bits per heavy atom. The van der Waals surface area contributed by atoms with E-state index in [4.69, 9.17) is 5.73 Å². The van der Waals surface area contributed by atoms with Crippen LogP contribution in [0.25, 0.3) is 0 Å². The van der Waals surface area contributed by atoms with E-state index in [1.165, 1.54) is 24.4 Å². The van der Waals surface area contributed by atoms with Crippen molar-refractivity contribution in [2.24, 2.45) is 0 Å². The summed E-state index contributed by atoms with van der Waals surface area (Å²) < 4.78 is 27.1. The first-order valence-corrected chi connectivity index (χ1v) is 5.01. The summed E-state index contributed by atoms with van der Waals surface area (Å²) in [5.74, 6) is -1.00. The molecular weight excluding hydrogens is 224 g/mol. The van der Waals surface area contributed by atoms with Crippen molar-refractivity contribution in [3.05, 3.63) is 47.7 Å². The van der Waals surface area contributed by atoms with Crippen molar-refractivity contribution in [2.75, 3.05) is 11.1 Å². The molecule has 0 unspecified atom stereocenters. The van der Waals surface area contributed by atoms with Gasteiger partial charge in [-0.05, 0) is 24.6 Å². The molecule has 1 aromatic heterocycles. The predicted molar refractivity (Wildman–Crippen MR) is 63.0 cm³/mol. The third kappa shape index (κ3) is 2.33. The number of aryl methyl sites for hydroxylation is 1. The van der Waals surface area contributed by atoms with Gasteiger partial charge >= 0.3 is 0 Å². The number of nitrogens with one attached hydrogen (secondary N) is 1. The molecule has 0 saturated carbocycles. The van der Waals surface area contributed by atoms with Gasteiger partial charge in [0.05, 0.1) is 0 Å². The summed E-state index contributed by atoms with van der Waals surface area (Å²) in [6, 6.07) is 5.67. The first-order chi connectivity index (χ1) is 8.08. The van der Waals surface area contributed by atoms with Gasteiger partial charge in [-0.25, -0.2) is 13.8 Å². The first kappa shape index (κ1) is 11.3. The Hall–Kier alpha value is -2.17. The average Bonchev–Trinajstić information content (AvgIpc) is 2.30. The van der Waals surface area contributed by atoms with E-state index in [9.17, 15) is 8.78 Å². The molecule has 2 rings (SSSR count). The van der Waals surface area contributed by atoms with Crippen LogP contribution in [0.4, 0.5) is 26.0 Å². The van der Waals surface area contributed by atoms with Crippen molar-refractivity contribution in [2.45, 2.75) is 6.92 Å². The minimum Gasteiger partial charge on any atom is -0.399 e. The number of rotatable bonds is 2. The molecule has 1 heterocycles. The zero-order valence-corrected chi connectivity index (χ0v) is 9.17. The molecule has 0 spiro atoms. The van der Waals surface area contributed by atoms with Gasteiger partial charge in [0.1, 0.15) is 17.3 Å². The van der Waals surface area contributed by atoms with Gasteiger partial charge in [-0.2, -0.15) is 0 Å². The SMILES string of the molecule is Cc1ccc(F)c(Nc2cc(N)ccn2)c1F. The summed E-state index contributed by atoms with van der Waals surface area (Å²) in [4.78, 5) is 3.92. The lowest BCUT2D eigenvalue weighted by Gasteiger charge is -2.09. The Labute approximate surface area is 97.3 Å². The second-order valence-electron chi connectivity index (χ2n) is 3.65. The molecule has 5 heteroatoms. The number of pyridine rings is 1. The number of aromatic nitrogens is 1. The van der Waals surface area contributed by atoms with Crippen LogP contribution in [0.3, 0.4) is 0 Å². The molecule has 3 nitrogen and oxygen atoms in total. The highest BCUT2D eigenvalue weighted by Crippen LogP contribution is 2.25. The lowest BCUT2D eigenvalue weighted by Crippen LogP contribution is -2.01. The first-order valence-electron chi connectivity index (χ1n) is 5.01. The molecule has 0 aliphatic carbocycles. The van der Waals surface area contributed by atoms with Crippen molar-refractivity contribution < 1.29 is 8.78 Å². The Morgan fingerprint density at radius 2 is 2.00 bits per heavy atom. The molecule has 17 heavy (non-hydrogen) atoms. The third-order valence-electron chi connectivity index (χ3n) is 2.32. The number of hydrogen-bond donors (Lipinski definition) is 2. The van der Waals surface area contributed by atoms with Crippen LogP contribution in [-0.4, -0.2) is 4.98 Å². The van der Waals surface area contributed by atoms with E-state index in [1.54, 1.807) is 13.0 Å². The monoisotopic (exact) mass is 235 g/mol. The quantitative estimate of drug-likeness (QED) is 0.841. The van der Waals surface area contributed by atoms with Crippen molar-refractivity contribution in [1.82, 2.24) is 4.98 Å². The fourth-order valence-electron chi connectivity index (χ4n) is 1.41. The van der Waals surface area contributed by atoms with E-state index in [0.717, 1.165) is 0 Å². The van der Waals surface area contributed by atoms with Crippen molar-refractivity contribution in [1.29, 1.82) is 0 Å². The molecule has 88 valence electrons. The van der Waals surface area contributed by atoms with E-state index in [0.29, 0.717) is 17.1 Å². The summed E-state index contributed by atoms with van der Waals surface area (Å²) in [7, 11) is 0. The smallest absolute Gasteiger partial charge is 0.152 e. The van der Waals surface area contributed by atoms with Crippen LogP contribution in [0.1, 0.15) is 5.56 Å². The highest BCUT2D eigenvalue weighted by Gasteiger charge is 2.11. The Kier molecular flexibility index (Phi) is 2.91. The van der Waals surface area contributed by atoms with Gasteiger partial charge in [0.25, 0.3) is 0 Å². The zero-order chi connectivity index (χ0) is 12.4. The minimum atomic E-state index is -0.669. The molecule has 3 N–H and O–H groups in total. The highest BCUT2D eigenvalue weighted by atomic mass is 19.1. The number of nitrogen functional groups attached to an aromatic ring is 1. The van der Waals surface area contributed by atoms with Crippen LogP contribution in [-0.2, 0) is 0 Å². The number of anilines is 3. The van der Waals surface area contributed by atoms with Crippen LogP contribution in [0, 0.1) is 18.6 Å². The molecule has 0 aliphatic heterocycles. The number of nitrogens with two attached hydrogens (primary N) is 1. The molecule has 2 aromatic rings. The maximum atomic E-state index is 13.7. The topological polar surface area (TPSA) is 50.9 Å². The van der Waals surface area contributed by atoms with Gasteiger partial charge in [-0.1, -0.05) is 6.07 Å². The summed E-state index contributed by atoms with van der Waals surface area (Å²) in [6.07, 6.45) is 1.46. The van der Waals surface area contributed by atoms with Crippen molar-refractivity contribution in [3.8, 4) is 0 Å². The third-order valence-corrected chi connectivity index (χ3v) is 2.32. The highest BCUT2D eigenvalue weighted by molar-refractivity contribution is 5.61. The lowest BCUT2D eigenvalue weighted by atomic mass is 10.2. The summed E-state index contributed by atoms with van der Waals surface area (Å²) >= 11 is 0. The fraction of sp³-hybridized carbons (Fsp3) is 0.0833. The molecule has 0 bridgehead atoms. The number of benzene rings is 1. The lowest BCUT2D eigenvalue weighted by molar-refractivity contribution is 0.584. The zero-order valence-electron chi connectivity index (χ0n) is 9.17. The molecule has 0 atom stereocenters. The predicted octanol–water partition coefficient (Wildman–Crippen LogP) is 2.99. The fourth-order valence-corrected chi connectivity index (χ4v) is 1.41. The Morgan fingerprint density at radius 1 is 1.24 bits per heavy atom. The van der Waals surface area contributed by atoms with Crippen LogP contribution >= 0.6 is 0 Å². The average molecular weight is 235 g/mol. The number of nitrogens with zero attached hydrogens (tertiary/aromatic N) is 1. The van der Waals surface area contributed by atoms with E-state index >= 15 is 0 Å². The van der Waals surface area contributed by atoms with Crippen LogP contribution in [0.15, 0.2) is 30.5 Å². The maximum Gasteiger partial charge on any atom is 0.152 e. The standard InChI is InChI=1S/C12H11F2N3/c1-7-2-3-9(13)12(11(7)14)17-10-6-8(15)4-5-16-10/h2-6H,1H3,(H3,15,16,17). The van der Waals surface area contributed by atoms with Gasteiger partial charge in [-0.3, -0.25) is 0 Å². The molecule has 0 aliphatic rings. The van der Waals surface area contributed by atoms with Gasteiger partial charge in [0.15, 0.2) is 5.82 Å². The van der Waals surface area contributed by atoms with Crippen molar-refractivity contribution >= 4 is 17.2 Å². The maximum absolute atomic E-state index is 13.7.